The summed E-state index contributed by atoms with van der Waals surface area (Å²) in [6, 6.07) is 10.8. The zero-order chi connectivity index (χ0) is 23.5. The highest BCUT2D eigenvalue weighted by molar-refractivity contribution is 5.97. The van der Waals surface area contributed by atoms with E-state index >= 15 is 0 Å². The number of halogens is 2. The number of amides is 1. The molecule has 0 unspecified atom stereocenters. The lowest BCUT2D eigenvalue weighted by Gasteiger charge is -2.10. The Morgan fingerprint density at radius 1 is 1.21 bits per heavy atom. The minimum Gasteiger partial charge on any atom is -0.496 e. The largest absolute Gasteiger partial charge is 0.496 e. The van der Waals surface area contributed by atoms with E-state index < -0.39 is 23.9 Å². The van der Waals surface area contributed by atoms with Gasteiger partial charge in [0, 0.05) is 12.1 Å². The number of rotatable bonds is 8. The maximum absolute atomic E-state index is 13.5. The SMILES string of the molecule is CCOC(=O)c1[nH]c([C@@H]2C[C@@H]2F)nc1-c1ccc(CNC(=O)c2cc(F)ccc2OC)cc1. The van der Waals surface area contributed by atoms with E-state index in [1.165, 1.54) is 19.2 Å². The molecule has 1 aliphatic carbocycles. The zero-order valence-electron chi connectivity index (χ0n) is 18.2. The Morgan fingerprint density at radius 2 is 1.94 bits per heavy atom. The number of imidazole rings is 1. The van der Waals surface area contributed by atoms with Crippen molar-refractivity contribution in [2.75, 3.05) is 13.7 Å². The summed E-state index contributed by atoms with van der Waals surface area (Å²) in [7, 11) is 1.41. The van der Waals surface area contributed by atoms with Gasteiger partial charge in [-0.25, -0.2) is 18.6 Å². The molecular formula is C24H23F2N3O4. The van der Waals surface area contributed by atoms with Crippen molar-refractivity contribution in [1.29, 1.82) is 0 Å². The summed E-state index contributed by atoms with van der Waals surface area (Å²) in [6.45, 7) is 2.10. The van der Waals surface area contributed by atoms with Crippen LogP contribution in [-0.4, -0.2) is 41.7 Å². The van der Waals surface area contributed by atoms with E-state index in [1.807, 2.05) is 0 Å². The molecular weight excluding hydrogens is 432 g/mol. The number of aromatic amines is 1. The fraction of sp³-hybridized carbons (Fsp3) is 0.292. The summed E-state index contributed by atoms with van der Waals surface area (Å²) in [5, 5.41) is 2.73. The second kappa shape index (κ2) is 9.40. The van der Waals surface area contributed by atoms with Crippen LogP contribution in [0.25, 0.3) is 11.3 Å². The van der Waals surface area contributed by atoms with Crippen molar-refractivity contribution >= 4 is 11.9 Å². The van der Waals surface area contributed by atoms with E-state index in [9.17, 15) is 18.4 Å². The van der Waals surface area contributed by atoms with Crippen LogP contribution in [0.3, 0.4) is 0 Å². The summed E-state index contributed by atoms with van der Waals surface area (Å²) < 4.78 is 37.3. The number of H-pyrrole nitrogens is 1. The van der Waals surface area contributed by atoms with Crippen LogP contribution >= 0.6 is 0 Å². The lowest BCUT2D eigenvalue weighted by molar-refractivity contribution is 0.0520. The predicted octanol–water partition coefficient (Wildman–Crippen LogP) is 4.16. The Balaban J connectivity index is 1.50. The van der Waals surface area contributed by atoms with E-state index in [4.69, 9.17) is 9.47 Å². The van der Waals surface area contributed by atoms with Gasteiger partial charge < -0.3 is 19.8 Å². The predicted molar refractivity (Wildman–Crippen MR) is 116 cm³/mol. The Kier molecular flexibility index (Phi) is 6.39. The normalized spacial score (nSPS) is 16.8. The molecule has 7 nitrogen and oxygen atoms in total. The van der Waals surface area contributed by atoms with Crippen molar-refractivity contribution in [1.82, 2.24) is 15.3 Å². The van der Waals surface area contributed by atoms with Crippen LogP contribution in [0.4, 0.5) is 8.78 Å². The summed E-state index contributed by atoms with van der Waals surface area (Å²) in [5.74, 6) is -1.19. The first-order chi connectivity index (χ1) is 15.9. The minimum absolute atomic E-state index is 0.100. The van der Waals surface area contributed by atoms with Crippen LogP contribution in [0.1, 0.15) is 51.5 Å². The van der Waals surface area contributed by atoms with Crippen molar-refractivity contribution in [3.8, 4) is 17.0 Å². The average molecular weight is 455 g/mol. The highest BCUT2D eigenvalue weighted by Crippen LogP contribution is 2.43. The minimum atomic E-state index is -0.957. The maximum atomic E-state index is 13.5. The van der Waals surface area contributed by atoms with Crippen molar-refractivity contribution < 1.29 is 27.8 Å². The van der Waals surface area contributed by atoms with Gasteiger partial charge in [0.2, 0.25) is 0 Å². The first-order valence-corrected chi connectivity index (χ1v) is 10.5. The Bertz CT molecular complexity index is 1180. The van der Waals surface area contributed by atoms with Crippen molar-refractivity contribution in [2.24, 2.45) is 0 Å². The number of carbonyl (C=O) groups is 2. The van der Waals surface area contributed by atoms with Crippen LogP contribution < -0.4 is 10.1 Å². The van der Waals surface area contributed by atoms with E-state index in [-0.39, 0.29) is 36.1 Å². The first-order valence-electron chi connectivity index (χ1n) is 10.5. The molecule has 0 bridgehead atoms. The summed E-state index contributed by atoms with van der Waals surface area (Å²) in [5.41, 5.74) is 2.11. The average Bonchev–Trinajstić information content (AvgIpc) is 3.38. The highest BCUT2D eigenvalue weighted by Gasteiger charge is 2.42. The molecule has 3 aromatic rings. The molecule has 1 aliphatic rings. The molecule has 2 N–H and O–H groups in total. The van der Waals surface area contributed by atoms with E-state index in [2.05, 4.69) is 15.3 Å². The molecule has 1 saturated carbocycles. The van der Waals surface area contributed by atoms with Gasteiger partial charge in [-0.15, -0.1) is 0 Å². The van der Waals surface area contributed by atoms with Crippen LogP contribution in [0.5, 0.6) is 5.75 Å². The summed E-state index contributed by atoms with van der Waals surface area (Å²) in [4.78, 5) is 32.2. The number of ether oxygens (including phenoxy) is 2. The van der Waals surface area contributed by atoms with Crippen LogP contribution in [0.2, 0.25) is 0 Å². The lowest BCUT2D eigenvalue weighted by atomic mass is 10.1. The van der Waals surface area contributed by atoms with Gasteiger partial charge in [-0.05, 0) is 37.1 Å². The number of hydrogen-bond acceptors (Lipinski definition) is 5. The second-order valence-electron chi connectivity index (χ2n) is 7.65. The Morgan fingerprint density at radius 3 is 2.58 bits per heavy atom. The fourth-order valence-electron chi connectivity index (χ4n) is 3.49. The number of nitrogens with zero attached hydrogens (tertiary/aromatic N) is 1. The standard InChI is InChI=1S/C24H23F2N3O4/c1-3-33-24(31)21-20(28-22(29-21)16-11-18(16)26)14-6-4-13(5-7-14)12-27-23(30)17-10-15(25)8-9-19(17)32-2/h4-10,16,18H,3,11-12H2,1-2H3,(H,27,30)(H,28,29)/t16-,18+/m1/s1. The number of nitrogens with one attached hydrogen (secondary N) is 2. The third-order valence-corrected chi connectivity index (χ3v) is 5.35. The molecule has 4 rings (SSSR count). The third kappa shape index (κ3) is 4.87. The number of esters is 1. The van der Waals surface area contributed by atoms with E-state index in [0.717, 1.165) is 11.6 Å². The number of methoxy groups -OCH3 is 1. The first kappa shape index (κ1) is 22.4. The molecule has 172 valence electrons. The smallest absolute Gasteiger partial charge is 0.357 e. The number of alkyl halides is 1. The van der Waals surface area contributed by atoms with Gasteiger partial charge in [0.1, 0.15) is 29.3 Å². The fourth-order valence-corrected chi connectivity index (χ4v) is 3.49. The quantitative estimate of drug-likeness (QED) is 0.498. The molecule has 0 aliphatic heterocycles. The van der Waals surface area contributed by atoms with Gasteiger partial charge >= 0.3 is 5.97 Å². The van der Waals surface area contributed by atoms with Crippen molar-refractivity contribution in [3.05, 3.63) is 70.9 Å². The van der Waals surface area contributed by atoms with Gasteiger partial charge in [-0.2, -0.15) is 0 Å². The number of aromatic nitrogens is 2. The molecule has 2 aromatic carbocycles. The molecule has 0 radical (unpaired) electrons. The molecule has 2 atom stereocenters. The molecule has 1 amide bonds. The van der Waals surface area contributed by atoms with Gasteiger partial charge in [0.05, 0.1) is 25.2 Å². The Hall–Kier alpha value is -3.75. The number of carbonyl (C=O) groups excluding carboxylic acids is 2. The van der Waals surface area contributed by atoms with Gasteiger partial charge in [-0.3, -0.25) is 4.79 Å². The third-order valence-electron chi connectivity index (χ3n) is 5.35. The summed E-state index contributed by atoms with van der Waals surface area (Å²) >= 11 is 0. The lowest BCUT2D eigenvalue weighted by Crippen LogP contribution is -2.23. The highest BCUT2D eigenvalue weighted by atomic mass is 19.1. The number of hydrogen-bond donors (Lipinski definition) is 2. The molecule has 1 heterocycles. The monoisotopic (exact) mass is 455 g/mol. The topological polar surface area (TPSA) is 93.3 Å². The van der Waals surface area contributed by atoms with Gasteiger partial charge in [0.15, 0.2) is 5.69 Å². The molecule has 0 spiro atoms. The maximum Gasteiger partial charge on any atom is 0.357 e. The van der Waals surface area contributed by atoms with E-state index in [0.29, 0.717) is 23.5 Å². The van der Waals surface area contributed by atoms with Crippen LogP contribution in [0, 0.1) is 5.82 Å². The van der Waals surface area contributed by atoms with Crippen molar-refractivity contribution in [2.45, 2.75) is 32.0 Å². The van der Waals surface area contributed by atoms with Gasteiger partial charge in [-0.1, -0.05) is 24.3 Å². The van der Waals surface area contributed by atoms with E-state index in [1.54, 1.807) is 31.2 Å². The van der Waals surface area contributed by atoms with Gasteiger partial charge in [0.25, 0.3) is 5.91 Å². The Labute approximate surface area is 189 Å². The molecule has 1 aromatic heterocycles. The molecule has 9 heteroatoms. The zero-order valence-corrected chi connectivity index (χ0v) is 18.2. The van der Waals surface area contributed by atoms with Crippen LogP contribution in [0.15, 0.2) is 42.5 Å². The second-order valence-corrected chi connectivity index (χ2v) is 7.65. The van der Waals surface area contributed by atoms with Crippen molar-refractivity contribution in [3.63, 3.8) is 0 Å². The van der Waals surface area contributed by atoms with Crippen LogP contribution in [-0.2, 0) is 11.3 Å². The molecule has 33 heavy (non-hydrogen) atoms. The summed E-state index contributed by atoms with van der Waals surface area (Å²) in [6.07, 6.45) is -0.578. The molecule has 1 fully saturated rings. The molecule has 0 saturated heterocycles. The number of benzene rings is 2.